The number of hydrogen-bond acceptors (Lipinski definition) is 3. The monoisotopic (exact) mass is 108 g/mol. The molecule has 0 aromatic rings. The number of rotatable bonds is 3. The van der Waals surface area contributed by atoms with Gasteiger partial charge in [0.2, 0.25) is 0 Å². The van der Waals surface area contributed by atoms with Crippen molar-refractivity contribution in [3.8, 4) is 0 Å². The van der Waals surface area contributed by atoms with E-state index in [2.05, 4.69) is 4.52 Å². The van der Waals surface area contributed by atoms with Crippen LogP contribution in [-0.4, -0.2) is 13.2 Å². The van der Waals surface area contributed by atoms with Crippen LogP contribution in [0, 0.1) is 0 Å². The number of hydrogen-bond donors (Lipinski definition) is 1. The average molecular weight is 108 g/mol. The molecule has 2 N–H and O–H groups in total. The van der Waals surface area contributed by atoms with Gasteiger partial charge in [-0.3, -0.25) is 0 Å². The molecule has 6 heavy (non-hydrogen) atoms. The highest BCUT2D eigenvalue weighted by atomic mass is 31.1. The molecule has 0 aliphatic carbocycles. The molecule has 0 spiro atoms. The van der Waals surface area contributed by atoms with Gasteiger partial charge in [-0.05, 0) is 4.57 Å². The molecule has 0 saturated heterocycles. The molecule has 0 aromatic heterocycles. The maximum atomic E-state index is 9.44. The first-order valence-electron chi connectivity index (χ1n) is 1.61. The molecule has 1 atom stereocenters. The largest absolute Gasteiger partial charge is 0.494 e. The van der Waals surface area contributed by atoms with Gasteiger partial charge in [-0.25, -0.2) is 0 Å². The second kappa shape index (κ2) is 5.02. The van der Waals surface area contributed by atoms with E-state index >= 15 is 0 Å². The normalized spacial score (nSPS) is 9.50. The van der Waals surface area contributed by atoms with Crippen LogP contribution in [-0.2, 0) is 9.09 Å². The zero-order valence-corrected chi connectivity index (χ0v) is 4.31. The van der Waals surface area contributed by atoms with Crippen LogP contribution < -0.4 is 5.73 Å². The predicted octanol–water partition coefficient (Wildman–Crippen LogP) is -0.0993. The Labute approximate surface area is 37.8 Å². The topological polar surface area (TPSA) is 52.3 Å². The minimum absolute atomic E-state index is 0.391. The summed E-state index contributed by atoms with van der Waals surface area (Å²) < 4.78 is 13.8. The van der Waals surface area contributed by atoms with E-state index in [4.69, 9.17) is 5.73 Å². The Bertz CT molecular complexity index is 40.5. The molecule has 3 nitrogen and oxygen atoms in total. The van der Waals surface area contributed by atoms with E-state index in [-0.39, 0.29) is 0 Å². The Hall–Kier alpha value is 0.0200. The summed E-state index contributed by atoms with van der Waals surface area (Å²) in [5.41, 5.74) is 4.96. The molecule has 0 amide bonds. The van der Waals surface area contributed by atoms with Gasteiger partial charge in [0.15, 0.2) is 0 Å². The van der Waals surface area contributed by atoms with Crippen LogP contribution >= 0.6 is 8.69 Å². The van der Waals surface area contributed by atoms with Crippen molar-refractivity contribution in [3.05, 3.63) is 0 Å². The summed E-state index contributed by atoms with van der Waals surface area (Å²) in [6, 6.07) is 0. The molecule has 0 bridgehead atoms. The molecular formula is C2H7NO2P+. The van der Waals surface area contributed by atoms with Crippen molar-refractivity contribution in [3.63, 3.8) is 0 Å². The molecular weight excluding hydrogens is 101 g/mol. The highest BCUT2D eigenvalue weighted by Crippen LogP contribution is 1.89. The van der Waals surface area contributed by atoms with Crippen LogP contribution in [0.4, 0.5) is 0 Å². The van der Waals surface area contributed by atoms with Crippen molar-refractivity contribution in [2.24, 2.45) is 5.73 Å². The molecule has 0 aromatic carbocycles. The van der Waals surface area contributed by atoms with E-state index in [1.165, 1.54) is 0 Å². The molecule has 0 heterocycles. The van der Waals surface area contributed by atoms with Crippen molar-refractivity contribution in [2.45, 2.75) is 0 Å². The second-order valence-electron chi connectivity index (χ2n) is 0.720. The third kappa shape index (κ3) is 4.02. The second-order valence-corrected chi connectivity index (χ2v) is 1.18. The third-order valence-corrected chi connectivity index (χ3v) is 0.601. The number of nitrogens with two attached hydrogens (primary N) is 1. The fourth-order valence-corrected chi connectivity index (χ4v) is 0.302. The highest BCUT2D eigenvalue weighted by molar-refractivity contribution is 7.17. The highest BCUT2D eigenvalue weighted by Gasteiger charge is 1.83. The average Bonchev–Trinajstić information content (AvgIpc) is 1.61. The van der Waals surface area contributed by atoms with Gasteiger partial charge in [0, 0.05) is 6.54 Å². The first-order chi connectivity index (χ1) is 2.91. The van der Waals surface area contributed by atoms with Crippen LogP contribution in [0.1, 0.15) is 0 Å². The summed E-state index contributed by atoms with van der Waals surface area (Å²) in [4.78, 5) is 0. The summed E-state index contributed by atoms with van der Waals surface area (Å²) in [5.74, 6) is 0. The van der Waals surface area contributed by atoms with Crippen molar-refractivity contribution in [2.75, 3.05) is 13.2 Å². The summed E-state index contributed by atoms with van der Waals surface area (Å²) >= 11 is 0. The quantitative estimate of drug-likeness (QED) is 0.405. The standard InChI is InChI=1S/C2H7NO2P/c3-1-2-5-6-4/h6H,1-3H2/q+1. The lowest BCUT2D eigenvalue weighted by Gasteiger charge is -1.75. The molecule has 1 unspecified atom stereocenters. The smallest absolute Gasteiger partial charge is 0.328 e. The molecule has 4 heteroatoms. The van der Waals surface area contributed by atoms with Gasteiger partial charge in [0.05, 0.1) is 0 Å². The minimum Gasteiger partial charge on any atom is -0.328 e. The van der Waals surface area contributed by atoms with Crippen LogP contribution in [0.15, 0.2) is 0 Å². The summed E-state index contributed by atoms with van der Waals surface area (Å²) in [5, 5.41) is 0. The zero-order valence-electron chi connectivity index (χ0n) is 3.31. The molecule has 0 aliphatic heterocycles. The van der Waals surface area contributed by atoms with E-state index in [0.717, 1.165) is 0 Å². The molecule has 0 saturated carbocycles. The SMILES string of the molecule is NCCO[PH+]=O. The van der Waals surface area contributed by atoms with Crippen LogP contribution in [0.2, 0.25) is 0 Å². The first-order valence-corrected chi connectivity index (χ1v) is 2.42. The molecule has 0 aliphatic rings. The molecule has 0 rings (SSSR count). The predicted molar refractivity (Wildman–Crippen MR) is 24.0 cm³/mol. The molecule has 36 valence electrons. The van der Waals surface area contributed by atoms with Crippen molar-refractivity contribution in [1.82, 2.24) is 0 Å². The lowest BCUT2D eigenvalue weighted by Crippen LogP contribution is -2.03. The van der Waals surface area contributed by atoms with Crippen molar-refractivity contribution < 1.29 is 9.09 Å². The Morgan fingerprint density at radius 1 is 1.83 bits per heavy atom. The van der Waals surface area contributed by atoms with E-state index in [9.17, 15) is 4.57 Å². The summed E-state index contributed by atoms with van der Waals surface area (Å²) in [6.45, 7) is 0.831. The lowest BCUT2D eigenvalue weighted by molar-refractivity contribution is 0.353. The van der Waals surface area contributed by atoms with Gasteiger partial charge in [0.25, 0.3) is 0 Å². The Morgan fingerprint density at radius 2 is 2.50 bits per heavy atom. The molecule has 0 fully saturated rings. The molecule has 0 radical (unpaired) electrons. The maximum Gasteiger partial charge on any atom is 0.494 e. The van der Waals surface area contributed by atoms with Gasteiger partial charge in [0.1, 0.15) is 6.61 Å². The Morgan fingerprint density at radius 3 is 2.67 bits per heavy atom. The summed E-state index contributed by atoms with van der Waals surface area (Å²) in [7, 11) is -0.665. The van der Waals surface area contributed by atoms with E-state index < -0.39 is 8.69 Å². The first kappa shape index (κ1) is 6.02. The Balaban J connectivity index is 2.49. The van der Waals surface area contributed by atoms with Crippen molar-refractivity contribution in [1.29, 1.82) is 0 Å². The summed E-state index contributed by atoms with van der Waals surface area (Å²) in [6.07, 6.45) is 0. The fraction of sp³-hybridized carbons (Fsp3) is 1.00. The third-order valence-electron chi connectivity index (χ3n) is 0.279. The van der Waals surface area contributed by atoms with Crippen molar-refractivity contribution >= 4 is 8.69 Å². The van der Waals surface area contributed by atoms with E-state index in [0.29, 0.717) is 13.2 Å². The van der Waals surface area contributed by atoms with Crippen LogP contribution in [0.25, 0.3) is 0 Å². The van der Waals surface area contributed by atoms with Gasteiger partial charge >= 0.3 is 8.69 Å². The van der Waals surface area contributed by atoms with Gasteiger partial charge in [-0.15, -0.1) is 4.52 Å². The van der Waals surface area contributed by atoms with Gasteiger partial charge in [-0.1, -0.05) is 0 Å². The van der Waals surface area contributed by atoms with Crippen LogP contribution in [0.5, 0.6) is 0 Å². The van der Waals surface area contributed by atoms with Gasteiger partial charge < -0.3 is 5.73 Å². The fourth-order valence-electron chi connectivity index (χ4n) is 0.101. The minimum atomic E-state index is -0.665. The van der Waals surface area contributed by atoms with E-state index in [1.807, 2.05) is 0 Å². The maximum absolute atomic E-state index is 9.44. The van der Waals surface area contributed by atoms with Crippen LogP contribution in [0.3, 0.4) is 0 Å². The Kier molecular flexibility index (Phi) is 5.04. The van der Waals surface area contributed by atoms with E-state index in [1.54, 1.807) is 0 Å². The zero-order chi connectivity index (χ0) is 4.83. The van der Waals surface area contributed by atoms with Gasteiger partial charge in [-0.2, -0.15) is 0 Å². The lowest BCUT2D eigenvalue weighted by atomic mass is 10.8.